The lowest BCUT2D eigenvalue weighted by atomic mass is 10.0. The fraction of sp³-hybridized carbons (Fsp3) is 0.562. The minimum Gasteiger partial charge on any atom is -0.417 e. The molecule has 23 heavy (non-hydrogen) atoms. The number of carbonyl (C=O) groups excluding carboxylic acids is 1. The van der Waals surface area contributed by atoms with E-state index in [1.165, 1.54) is 0 Å². The summed E-state index contributed by atoms with van der Waals surface area (Å²) in [5.41, 5.74) is 1.40. The molecule has 2 aromatic heterocycles. The number of piperidine rings is 1. The highest BCUT2D eigenvalue weighted by Crippen LogP contribution is 2.37. The van der Waals surface area contributed by atoms with Gasteiger partial charge in [0.1, 0.15) is 11.7 Å². The van der Waals surface area contributed by atoms with Crippen molar-refractivity contribution in [3.05, 3.63) is 24.0 Å². The zero-order chi connectivity index (χ0) is 15.8. The number of carbonyl (C=O) groups is 1. The van der Waals surface area contributed by atoms with Crippen LogP contribution < -0.4 is 0 Å². The number of nitrogens with zero attached hydrogens (tertiary/aromatic N) is 5. The van der Waals surface area contributed by atoms with E-state index in [-0.39, 0.29) is 17.9 Å². The summed E-state index contributed by atoms with van der Waals surface area (Å²) in [5, 5.41) is 8.26. The molecule has 0 unspecified atom stereocenters. The quantitative estimate of drug-likeness (QED) is 0.864. The number of hydrogen-bond donors (Lipinski definition) is 0. The van der Waals surface area contributed by atoms with Crippen molar-refractivity contribution in [2.45, 2.75) is 45.1 Å². The average molecular weight is 313 g/mol. The number of likely N-dealkylation sites (tertiary alicyclic amines) is 1. The summed E-state index contributed by atoms with van der Waals surface area (Å²) in [6.45, 7) is 2.65. The Balaban J connectivity index is 1.58. The van der Waals surface area contributed by atoms with Crippen LogP contribution in [0.2, 0.25) is 0 Å². The van der Waals surface area contributed by atoms with E-state index >= 15 is 0 Å². The summed E-state index contributed by atoms with van der Waals surface area (Å²) in [6, 6.07) is -0.100. The zero-order valence-electron chi connectivity index (χ0n) is 13.1. The molecule has 120 valence electrons. The van der Waals surface area contributed by atoms with Crippen molar-refractivity contribution in [2.24, 2.45) is 5.92 Å². The van der Waals surface area contributed by atoms with Crippen molar-refractivity contribution in [1.29, 1.82) is 0 Å². The zero-order valence-corrected chi connectivity index (χ0v) is 13.1. The number of amides is 1. The van der Waals surface area contributed by atoms with Crippen LogP contribution >= 0.6 is 0 Å². The SMILES string of the molecule is Cc1cnc(-c2nnc([C@H]3CCCCN3C(=O)C3CC3)o2)cn1. The van der Waals surface area contributed by atoms with Crippen molar-refractivity contribution in [1.82, 2.24) is 25.1 Å². The van der Waals surface area contributed by atoms with Crippen molar-refractivity contribution in [3.63, 3.8) is 0 Å². The lowest BCUT2D eigenvalue weighted by molar-refractivity contribution is -0.137. The lowest BCUT2D eigenvalue weighted by Crippen LogP contribution is -2.39. The van der Waals surface area contributed by atoms with Crippen LogP contribution in [0.3, 0.4) is 0 Å². The predicted octanol–water partition coefficient (Wildman–Crippen LogP) is 2.30. The first-order valence-corrected chi connectivity index (χ1v) is 8.15. The molecule has 0 aromatic carbocycles. The fourth-order valence-corrected chi connectivity index (χ4v) is 2.99. The number of aromatic nitrogens is 4. The second kappa shape index (κ2) is 5.72. The Morgan fingerprint density at radius 1 is 1.17 bits per heavy atom. The Bertz CT molecular complexity index is 708. The molecule has 0 radical (unpaired) electrons. The molecule has 3 heterocycles. The summed E-state index contributed by atoms with van der Waals surface area (Å²) >= 11 is 0. The van der Waals surface area contributed by atoms with Gasteiger partial charge in [-0.15, -0.1) is 10.2 Å². The molecule has 7 heteroatoms. The van der Waals surface area contributed by atoms with Gasteiger partial charge in [0.2, 0.25) is 11.8 Å². The van der Waals surface area contributed by atoms with Crippen molar-refractivity contribution in [3.8, 4) is 11.6 Å². The monoisotopic (exact) mass is 313 g/mol. The van der Waals surface area contributed by atoms with E-state index in [0.29, 0.717) is 17.5 Å². The summed E-state index contributed by atoms with van der Waals surface area (Å²) < 4.78 is 5.81. The fourth-order valence-electron chi connectivity index (χ4n) is 2.99. The van der Waals surface area contributed by atoms with E-state index in [0.717, 1.165) is 44.3 Å². The van der Waals surface area contributed by atoms with Gasteiger partial charge in [-0.2, -0.15) is 0 Å². The molecule has 2 fully saturated rings. The summed E-state index contributed by atoms with van der Waals surface area (Å²) in [6.07, 6.45) is 8.30. The second-order valence-electron chi connectivity index (χ2n) is 6.31. The van der Waals surface area contributed by atoms with Crippen molar-refractivity contribution < 1.29 is 9.21 Å². The molecule has 0 bridgehead atoms. The minimum atomic E-state index is -0.100. The van der Waals surface area contributed by atoms with Gasteiger partial charge in [0.15, 0.2) is 0 Å². The lowest BCUT2D eigenvalue weighted by Gasteiger charge is -2.33. The molecular weight excluding hydrogens is 294 g/mol. The van der Waals surface area contributed by atoms with Crippen molar-refractivity contribution in [2.75, 3.05) is 6.54 Å². The number of rotatable bonds is 3. The molecule has 1 amide bonds. The molecule has 7 nitrogen and oxygen atoms in total. The maximum atomic E-state index is 12.5. The van der Waals surface area contributed by atoms with Gasteiger partial charge in [0, 0.05) is 18.7 Å². The molecular formula is C16H19N5O2. The van der Waals surface area contributed by atoms with Gasteiger partial charge < -0.3 is 9.32 Å². The third kappa shape index (κ3) is 2.83. The van der Waals surface area contributed by atoms with E-state index in [9.17, 15) is 4.79 Å². The van der Waals surface area contributed by atoms with Gasteiger partial charge >= 0.3 is 0 Å². The standard InChI is InChI=1S/C16H19N5O2/c1-10-8-18-12(9-17-10)14-19-20-15(23-14)13-4-2-3-7-21(13)16(22)11-5-6-11/h8-9,11,13H,2-7H2,1H3/t13-/m1/s1. The summed E-state index contributed by atoms with van der Waals surface area (Å²) in [5.74, 6) is 1.32. The van der Waals surface area contributed by atoms with Crippen LogP contribution in [0, 0.1) is 12.8 Å². The van der Waals surface area contributed by atoms with Crippen LogP contribution in [0.15, 0.2) is 16.8 Å². The Hall–Kier alpha value is -2.31. The Labute approximate surface area is 134 Å². The first-order valence-electron chi connectivity index (χ1n) is 8.15. The molecule has 0 spiro atoms. The normalized spacial score (nSPS) is 21.4. The highest BCUT2D eigenvalue weighted by atomic mass is 16.4. The smallest absolute Gasteiger partial charge is 0.267 e. The van der Waals surface area contributed by atoms with Gasteiger partial charge in [0.25, 0.3) is 5.89 Å². The highest BCUT2D eigenvalue weighted by Gasteiger charge is 2.39. The van der Waals surface area contributed by atoms with E-state index < -0.39 is 0 Å². The predicted molar refractivity (Wildman–Crippen MR) is 81.1 cm³/mol. The topological polar surface area (TPSA) is 85.0 Å². The van der Waals surface area contributed by atoms with Crippen LogP contribution in [-0.4, -0.2) is 37.5 Å². The summed E-state index contributed by atoms with van der Waals surface area (Å²) in [7, 11) is 0. The van der Waals surface area contributed by atoms with Gasteiger partial charge in [-0.1, -0.05) is 0 Å². The van der Waals surface area contributed by atoms with Crippen LogP contribution in [0.5, 0.6) is 0 Å². The molecule has 1 aliphatic carbocycles. The van der Waals surface area contributed by atoms with E-state index in [2.05, 4.69) is 20.2 Å². The Morgan fingerprint density at radius 3 is 2.78 bits per heavy atom. The second-order valence-corrected chi connectivity index (χ2v) is 6.31. The minimum absolute atomic E-state index is 0.100. The molecule has 1 saturated carbocycles. The van der Waals surface area contributed by atoms with Crippen LogP contribution in [0.25, 0.3) is 11.6 Å². The third-order valence-corrected chi connectivity index (χ3v) is 4.44. The largest absolute Gasteiger partial charge is 0.417 e. The van der Waals surface area contributed by atoms with E-state index in [4.69, 9.17) is 4.42 Å². The number of aryl methyl sites for hydroxylation is 1. The molecule has 2 aromatic rings. The first kappa shape index (κ1) is 14.3. The van der Waals surface area contributed by atoms with Crippen LogP contribution in [-0.2, 0) is 4.79 Å². The maximum absolute atomic E-state index is 12.5. The van der Waals surface area contributed by atoms with Gasteiger partial charge in [-0.25, -0.2) is 4.98 Å². The molecule has 4 rings (SSSR count). The Kier molecular flexibility index (Phi) is 3.55. The molecule has 1 saturated heterocycles. The van der Waals surface area contributed by atoms with Gasteiger partial charge in [-0.3, -0.25) is 9.78 Å². The first-order chi connectivity index (χ1) is 11.2. The van der Waals surface area contributed by atoms with Crippen LogP contribution in [0.1, 0.15) is 49.7 Å². The van der Waals surface area contributed by atoms with Gasteiger partial charge in [-0.05, 0) is 39.0 Å². The van der Waals surface area contributed by atoms with E-state index in [1.807, 2.05) is 11.8 Å². The average Bonchev–Trinajstić information content (AvgIpc) is 3.32. The summed E-state index contributed by atoms with van der Waals surface area (Å²) in [4.78, 5) is 22.9. The third-order valence-electron chi connectivity index (χ3n) is 4.44. The number of hydrogen-bond acceptors (Lipinski definition) is 6. The van der Waals surface area contributed by atoms with Crippen LogP contribution in [0.4, 0.5) is 0 Å². The maximum Gasteiger partial charge on any atom is 0.267 e. The van der Waals surface area contributed by atoms with Gasteiger partial charge in [0.05, 0.1) is 11.9 Å². The molecule has 0 N–H and O–H groups in total. The molecule has 2 aliphatic rings. The van der Waals surface area contributed by atoms with E-state index in [1.54, 1.807) is 12.4 Å². The van der Waals surface area contributed by atoms with Crippen molar-refractivity contribution >= 4 is 5.91 Å². The molecule has 1 aliphatic heterocycles. The Morgan fingerprint density at radius 2 is 2.04 bits per heavy atom. The molecule has 1 atom stereocenters. The highest BCUT2D eigenvalue weighted by molar-refractivity contribution is 5.81.